The first-order valence-electron chi connectivity index (χ1n) is 14.0. The third-order valence-electron chi connectivity index (χ3n) is 6.89. The molecule has 6 rings (SSSR count). The summed E-state index contributed by atoms with van der Waals surface area (Å²) in [5, 5.41) is 2.39. The number of hydrogen-bond donors (Lipinski definition) is 0. The van der Waals surface area contributed by atoms with Crippen molar-refractivity contribution in [3.8, 4) is 11.5 Å². The van der Waals surface area contributed by atoms with E-state index in [9.17, 15) is 19.2 Å². The van der Waals surface area contributed by atoms with E-state index in [1.165, 1.54) is 22.7 Å². The van der Waals surface area contributed by atoms with E-state index < -0.39 is 11.9 Å². The van der Waals surface area contributed by atoms with E-state index in [0.29, 0.717) is 55.3 Å². The molecule has 0 unspecified atom stereocenters. The molecule has 44 heavy (non-hydrogen) atoms. The highest BCUT2D eigenvalue weighted by molar-refractivity contribution is 7.25. The Morgan fingerprint density at radius 3 is 1.39 bits per heavy atom. The van der Waals surface area contributed by atoms with Crippen LogP contribution in [0, 0.1) is 0 Å². The summed E-state index contributed by atoms with van der Waals surface area (Å²) in [5.74, 6) is -0.170. The molecule has 222 valence electrons. The Morgan fingerprint density at radius 1 is 0.523 bits per heavy atom. The van der Waals surface area contributed by atoms with Gasteiger partial charge in [-0.2, -0.15) is 0 Å². The maximum absolute atomic E-state index is 12.9. The van der Waals surface area contributed by atoms with E-state index in [1.807, 2.05) is 36.4 Å². The molecule has 0 fully saturated rings. The average Bonchev–Trinajstić information content (AvgIpc) is 3.05. The zero-order valence-corrected chi connectivity index (χ0v) is 25.0. The Kier molecular flexibility index (Phi) is 8.81. The second-order valence-corrected chi connectivity index (χ2v) is 12.0. The predicted molar refractivity (Wildman–Crippen MR) is 173 cm³/mol. The Hall–Kier alpha value is -4.80. The molecule has 0 aliphatic rings. The number of carbonyl (C=O) groups excluding carboxylic acids is 2. The molecule has 0 saturated carbocycles. The zero-order chi connectivity index (χ0) is 30.5. The maximum atomic E-state index is 12.9. The molecule has 0 spiro atoms. The van der Waals surface area contributed by atoms with Crippen molar-refractivity contribution in [2.45, 2.75) is 12.8 Å². The van der Waals surface area contributed by atoms with Gasteiger partial charge in [0.25, 0.3) is 0 Å². The monoisotopic (exact) mass is 626 g/mol. The van der Waals surface area contributed by atoms with E-state index in [-0.39, 0.29) is 37.3 Å². The molecule has 10 heteroatoms. The van der Waals surface area contributed by atoms with Gasteiger partial charge in [-0.15, -0.1) is 22.7 Å². The number of fused-ring (bicyclic) bond motifs is 4. The van der Waals surface area contributed by atoms with Crippen LogP contribution in [0.15, 0.2) is 94.5 Å². The van der Waals surface area contributed by atoms with Crippen molar-refractivity contribution >= 4 is 75.0 Å². The van der Waals surface area contributed by atoms with Crippen molar-refractivity contribution in [1.29, 1.82) is 0 Å². The first-order chi connectivity index (χ1) is 21.5. The lowest BCUT2D eigenvalue weighted by molar-refractivity contribution is -0.148. The number of ether oxygens (including phenoxy) is 4. The van der Waals surface area contributed by atoms with Gasteiger partial charge >= 0.3 is 11.9 Å². The Morgan fingerprint density at radius 2 is 0.932 bits per heavy atom. The van der Waals surface area contributed by atoms with E-state index in [2.05, 4.69) is 0 Å². The molecule has 0 aliphatic heterocycles. The van der Waals surface area contributed by atoms with E-state index in [0.717, 1.165) is 9.40 Å². The molecule has 0 bridgehead atoms. The van der Waals surface area contributed by atoms with Crippen LogP contribution in [0.5, 0.6) is 11.5 Å². The normalized spacial score (nSPS) is 11.2. The van der Waals surface area contributed by atoms with Gasteiger partial charge in [0.15, 0.2) is 24.1 Å². The van der Waals surface area contributed by atoms with E-state index >= 15 is 0 Å². The van der Waals surface area contributed by atoms with Crippen LogP contribution in [0.25, 0.3) is 40.3 Å². The lowest BCUT2D eigenvalue weighted by atomic mass is 10.2. The SMILES string of the molecule is O=C(COc1cccc2c(=O)c3ccccc3sc12)OCCCCOC(=O)COc1cccc2c(=O)c3ccccc3sc12. The summed E-state index contributed by atoms with van der Waals surface area (Å²) in [6.45, 7) is -0.297. The van der Waals surface area contributed by atoms with Crippen molar-refractivity contribution in [1.82, 2.24) is 0 Å². The van der Waals surface area contributed by atoms with Gasteiger partial charge in [0.2, 0.25) is 0 Å². The van der Waals surface area contributed by atoms with Gasteiger partial charge in [-0.05, 0) is 61.4 Å². The second-order valence-electron chi connectivity index (χ2n) is 9.85. The van der Waals surface area contributed by atoms with Crippen LogP contribution >= 0.6 is 22.7 Å². The summed E-state index contributed by atoms with van der Waals surface area (Å²) in [5.41, 5.74) is -0.148. The maximum Gasteiger partial charge on any atom is 0.344 e. The minimum atomic E-state index is -0.536. The molecule has 8 nitrogen and oxygen atoms in total. The van der Waals surface area contributed by atoms with Gasteiger partial charge in [0.1, 0.15) is 11.5 Å². The molecule has 0 N–H and O–H groups in total. The van der Waals surface area contributed by atoms with Gasteiger partial charge in [0.05, 0.1) is 22.6 Å². The summed E-state index contributed by atoms with van der Waals surface area (Å²) >= 11 is 2.87. The number of rotatable bonds is 11. The third kappa shape index (κ3) is 6.27. The molecule has 0 atom stereocenters. The summed E-state index contributed by atoms with van der Waals surface area (Å²) in [6.07, 6.45) is 0.984. The Labute approximate surface area is 259 Å². The van der Waals surface area contributed by atoms with E-state index in [4.69, 9.17) is 18.9 Å². The van der Waals surface area contributed by atoms with Crippen molar-refractivity contribution in [2.24, 2.45) is 0 Å². The van der Waals surface area contributed by atoms with Crippen molar-refractivity contribution in [3.05, 3.63) is 105 Å². The van der Waals surface area contributed by atoms with Crippen molar-refractivity contribution < 1.29 is 28.5 Å². The molecular formula is C34H26O8S2. The zero-order valence-electron chi connectivity index (χ0n) is 23.4. The highest BCUT2D eigenvalue weighted by Crippen LogP contribution is 2.33. The summed E-state index contributed by atoms with van der Waals surface area (Å²) < 4.78 is 25.0. The van der Waals surface area contributed by atoms with Crippen molar-refractivity contribution in [3.63, 3.8) is 0 Å². The Bertz CT molecular complexity index is 1980. The fourth-order valence-electron chi connectivity index (χ4n) is 4.76. The molecule has 2 aromatic heterocycles. The number of benzene rings is 4. The standard InChI is InChI=1S/C34H26O8S2/c35-29(19-41-25-13-7-11-23-31(37)21-9-1-3-15-27(21)43-33(23)25)39-17-5-6-18-40-30(36)20-42-26-14-8-12-24-32(38)22-10-2-4-16-28(22)44-34(24)26/h1-4,7-16H,5-6,17-20H2. The van der Waals surface area contributed by atoms with Crippen LogP contribution in [0.1, 0.15) is 12.8 Å². The lowest BCUT2D eigenvalue weighted by Crippen LogP contribution is -2.17. The smallest absolute Gasteiger partial charge is 0.344 e. The van der Waals surface area contributed by atoms with Gasteiger partial charge in [-0.1, -0.05) is 36.4 Å². The fourth-order valence-corrected chi connectivity index (χ4v) is 7.03. The third-order valence-corrected chi connectivity index (χ3v) is 9.29. The minimum Gasteiger partial charge on any atom is -0.480 e. The largest absolute Gasteiger partial charge is 0.480 e. The molecule has 6 aromatic rings. The van der Waals surface area contributed by atoms with Crippen LogP contribution in [-0.4, -0.2) is 38.4 Å². The lowest BCUT2D eigenvalue weighted by Gasteiger charge is -2.10. The topological polar surface area (TPSA) is 105 Å². The fraction of sp³-hybridized carbons (Fsp3) is 0.176. The first-order valence-corrected chi connectivity index (χ1v) is 15.6. The number of carbonyl (C=O) groups is 2. The summed E-state index contributed by atoms with van der Waals surface area (Å²) in [7, 11) is 0. The van der Waals surface area contributed by atoms with Crippen LogP contribution in [-0.2, 0) is 19.1 Å². The molecule has 2 heterocycles. The van der Waals surface area contributed by atoms with Gasteiger partial charge < -0.3 is 18.9 Å². The molecular weight excluding hydrogens is 601 g/mol. The molecule has 0 amide bonds. The number of esters is 2. The first kappa shape index (κ1) is 29.3. The van der Waals surface area contributed by atoms with Gasteiger partial charge in [-0.3, -0.25) is 9.59 Å². The van der Waals surface area contributed by atoms with Gasteiger partial charge in [-0.25, -0.2) is 9.59 Å². The van der Waals surface area contributed by atoms with Crippen LogP contribution in [0.4, 0.5) is 0 Å². The molecule has 0 saturated heterocycles. The van der Waals surface area contributed by atoms with Crippen LogP contribution < -0.4 is 20.3 Å². The van der Waals surface area contributed by atoms with Gasteiger partial charge in [0, 0.05) is 30.9 Å². The number of hydrogen-bond acceptors (Lipinski definition) is 10. The second kappa shape index (κ2) is 13.2. The Balaban J connectivity index is 0.931. The van der Waals surface area contributed by atoms with Crippen molar-refractivity contribution in [2.75, 3.05) is 26.4 Å². The number of unbranched alkanes of at least 4 members (excludes halogenated alkanes) is 1. The van der Waals surface area contributed by atoms with Crippen LogP contribution in [0.2, 0.25) is 0 Å². The quantitative estimate of drug-likeness (QED) is 0.0916. The average molecular weight is 627 g/mol. The summed E-state index contributed by atoms with van der Waals surface area (Å²) in [6, 6.07) is 25.2. The highest BCUT2D eigenvalue weighted by Gasteiger charge is 2.14. The molecule has 0 aliphatic carbocycles. The van der Waals surface area contributed by atoms with E-state index in [1.54, 1.807) is 48.5 Å². The van der Waals surface area contributed by atoms with Crippen LogP contribution in [0.3, 0.4) is 0 Å². The highest BCUT2D eigenvalue weighted by atomic mass is 32.1. The predicted octanol–water partition coefficient (Wildman–Crippen LogP) is 6.47. The molecule has 0 radical (unpaired) electrons. The molecule has 4 aromatic carbocycles. The minimum absolute atomic E-state index is 0.0738. The summed E-state index contributed by atoms with van der Waals surface area (Å²) in [4.78, 5) is 50.2.